The second kappa shape index (κ2) is 7.80. The van der Waals surface area contributed by atoms with Crippen molar-refractivity contribution >= 4 is 5.91 Å². The average Bonchev–Trinajstić information content (AvgIpc) is 3.53. The van der Waals surface area contributed by atoms with Crippen LogP contribution in [0.25, 0.3) is 11.3 Å². The summed E-state index contributed by atoms with van der Waals surface area (Å²) in [6.07, 6.45) is 7.08. The van der Waals surface area contributed by atoms with E-state index in [-0.39, 0.29) is 17.2 Å². The summed E-state index contributed by atoms with van der Waals surface area (Å²) in [5.41, 5.74) is 3.31. The van der Waals surface area contributed by atoms with Crippen LogP contribution in [0.5, 0.6) is 5.75 Å². The van der Waals surface area contributed by atoms with Crippen LogP contribution >= 0.6 is 0 Å². The Morgan fingerprint density at radius 2 is 2.06 bits per heavy atom. The predicted molar refractivity (Wildman–Crippen MR) is 115 cm³/mol. The highest BCUT2D eigenvalue weighted by Gasteiger charge is 2.53. The minimum atomic E-state index is -0.384. The van der Waals surface area contributed by atoms with Crippen molar-refractivity contribution in [1.29, 1.82) is 0 Å². The van der Waals surface area contributed by atoms with Crippen molar-refractivity contribution < 1.29 is 14.1 Å². The lowest BCUT2D eigenvalue weighted by molar-refractivity contribution is -0.135. The number of carbonyl (C=O) groups excluding carboxylic acids is 1. The van der Waals surface area contributed by atoms with Gasteiger partial charge in [-0.1, -0.05) is 17.3 Å². The smallest absolute Gasteiger partial charge is 0.233 e. The highest BCUT2D eigenvalue weighted by atomic mass is 16.5. The van der Waals surface area contributed by atoms with Gasteiger partial charge in [0, 0.05) is 31.3 Å². The van der Waals surface area contributed by atoms with Crippen molar-refractivity contribution in [2.24, 2.45) is 0 Å². The summed E-state index contributed by atoms with van der Waals surface area (Å²) in [5.74, 6) is 1.86. The van der Waals surface area contributed by atoms with Crippen LogP contribution in [-0.4, -0.2) is 46.1 Å². The molecule has 1 amide bonds. The van der Waals surface area contributed by atoms with Gasteiger partial charge < -0.3 is 14.2 Å². The Kier molecular flexibility index (Phi) is 4.96. The van der Waals surface area contributed by atoms with Gasteiger partial charge in [0.1, 0.15) is 12.1 Å². The van der Waals surface area contributed by atoms with E-state index in [0.717, 1.165) is 60.5 Å². The zero-order chi connectivity index (χ0) is 21.4. The maximum Gasteiger partial charge on any atom is 0.233 e. The van der Waals surface area contributed by atoms with Gasteiger partial charge in [0.25, 0.3) is 0 Å². The monoisotopic (exact) mass is 418 g/mol. The molecule has 0 radical (unpaired) electrons. The average molecular weight is 418 g/mol. The summed E-state index contributed by atoms with van der Waals surface area (Å²) in [5, 5.41) is 4.00. The second-order valence-electron chi connectivity index (χ2n) is 8.56. The van der Waals surface area contributed by atoms with Crippen molar-refractivity contribution in [3.05, 3.63) is 59.8 Å². The van der Waals surface area contributed by atoms with Gasteiger partial charge in [-0.05, 0) is 50.3 Å². The Morgan fingerprint density at radius 1 is 1.26 bits per heavy atom. The molecule has 0 bridgehead atoms. The van der Waals surface area contributed by atoms with Crippen molar-refractivity contribution in [3.8, 4) is 17.1 Å². The number of piperidine rings is 1. The molecule has 7 heteroatoms. The molecule has 2 aromatic heterocycles. The van der Waals surface area contributed by atoms with E-state index in [1.165, 1.54) is 0 Å². The second-order valence-corrected chi connectivity index (χ2v) is 8.56. The summed E-state index contributed by atoms with van der Waals surface area (Å²) in [7, 11) is 1.66. The summed E-state index contributed by atoms with van der Waals surface area (Å²) < 4.78 is 10.7. The minimum absolute atomic E-state index is 0.146. The Labute approximate surface area is 181 Å². The third-order valence-electron chi connectivity index (χ3n) is 6.53. The van der Waals surface area contributed by atoms with E-state index in [1.54, 1.807) is 19.6 Å². The molecule has 1 aliphatic carbocycles. The molecule has 1 saturated carbocycles. The number of aromatic nitrogens is 3. The molecule has 31 heavy (non-hydrogen) atoms. The van der Waals surface area contributed by atoms with Crippen LogP contribution in [0.3, 0.4) is 0 Å². The first kappa shape index (κ1) is 19.7. The van der Waals surface area contributed by atoms with E-state index >= 15 is 0 Å². The first-order valence-corrected chi connectivity index (χ1v) is 10.8. The van der Waals surface area contributed by atoms with E-state index < -0.39 is 0 Å². The van der Waals surface area contributed by atoms with Gasteiger partial charge >= 0.3 is 0 Å². The molecule has 3 heterocycles. The third-order valence-corrected chi connectivity index (χ3v) is 6.53. The molecular formula is C24H26N4O3. The summed E-state index contributed by atoms with van der Waals surface area (Å²) in [6, 6.07) is 9.83. The number of amides is 1. The number of aryl methyl sites for hydroxylation is 1. The van der Waals surface area contributed by atoms with Crippen LogP contribution in [0, 0.1) is 6.92 Å². The fraction of sp³-hybridized carbons (Fsp3) is 0.417. The van der Waals surface area contributed by atoms with Crippen LogP contribution in [0.2, 0.25) is 0 Å². The Morgan fingerprint density at radius 3 is 2.74 bits per heavy atom. The molecule has 160 valence electrons. The van der Waals surface area contributed by atoms with Crippen LogP contribution in [-0.2, 0) is 10.2 Å². The molecule has 0 unspecified atom stereocenters. The van der Waals surface area contributed by atoms with Crippen LogP contribution in [0.1, 0.15) is 48.6 Å². The molecule has 1 saturated heterocycles. The Balaban J connectivity index is 1.38. The van der Waals surface area contributed by atoms with Gasteiger partial charge in [0.15, 0.2) is 5.76 Å². The van der Waals surface area contributed by atoms with E-state index in [1.807, 2.05) is 42.2 Å². The van der Waals surface area contributed by atoms with Crippen molar-refractivity contribution in [3.63, 3.8) is 0 Å². The molecule has 5 rings (SSSR count). The number of rotatable bonds is 5. The molecule has 2 fully saturated rings. The van der Waals surface area contributed by atoms with Crippen molar-refractivity contribution in [1.82, 2.24) is 20.0 Å². The number of benzene rings is 1. The van der Waals surface area contributed by atoms with E-state index in [9.17, 15) is 4.79 Å². The molecule has 1 atom stereocenters. The third kappa shape index (κ3) is 3.58. The van der Waals surface area contributed by atoms with Gasteiger partial charge in [-0.15, -0.1) is 0 Å². The van der Waals surface area contributed by atoms with Gasteiger partial charge in [-0.25, -0.2) is 9.97 Å². The molecule has 0 N–H and O–H groups in total. The number of methoxy groups -OCH3 is 1. The fourth-order valence-corrected chi connectivity index (χ4v) is 4.69. The van der Waals surface area contributed by atoms with Crippen molar-refractivity contribution in [2.45, 2.75) is 43.9 Å². The van der Waals surface area contributed by atoms with Crippen LogP contribution in [0.15, 0.2) is 47.4 Å². The standard InChI is InChI=1S/C24H26N4O3/c1-16-12-21(31-27-16)20-13-25-15-26-22(20)17-4-3-11-28(14-17)23(29)24(9-10-24)18-5-7-19(30-2)8-6-18/h5-8,12-13,15,17H,3-4,9-11,14H2,1-2H3/t17-/m1/s1. The molecular weight excluding hydrogens is 392 g/mol. The molecule has 2 aliphatic rings. The van der Waals surface area contributed by atoms with E-state index in [0.29, 0.717) is 12.3 Å². The van der Waals surface area contributed by atoms with E-state index in [2.05, 4.69) is 15.1 Å². The first-order chi connectivity index (χ1) is 15.1. The predicted octanol–water partition coefficient (Wildman–Crippen LogP) is 3.89. The summed E-state index contributed by atoms with van der Waals surface area (Å²) in [6.45, 7) is 3.34. The first-order valence-electron chi connectivity index (χ1n) is 10.8. The highest BCUT2D eigenvalue weighted by molar-refractivity contribution is 5.91. The zero-order valence-electron chi connectivity index (χ0n) is 17.9. The van der Waals surface area contributed by atoms with Gasteiger partial charge in [0.2, 0.25) is 5.91 Å². The lowest BCUT2D eigenvalue weighted by Crippen LogP contribution is -2.44. The Hall–Kier alpha value is -3.22. The van der Waals surface area contributed by atoms with Gasteiger partial charge in [0.05, 0.1) is 29.5 Å². The largest absolute Gasteiger partial charge is 0.497 e. The lowest BCUT2D eigenvalue weighted by atomic mass is 9.88. The maximum absolute atomic E-state index is 13.6. The maximum atomic E-state index is 13.6. The Bertz CT molecular complexity index is 1090. The topological polar surface area (TPSA) is 81.4 Å². The number of carbonyl (C=O) groups is 1. The normalized spacial score (nSPS) is 19.8. The lowest BCUT2D eigenvalue weighted by Gasteiger charge is -2.35. The molecule has 0 spiro atoms. The van der Waals surface area contributed by atoms with Gasteiger partial charge in [-0.3, -0.25) is 4.79 Å². The number of hydrogen-bond acceptors (Lipinski definition) is 6. The highest BCUT2D eigenvalue weighted by Crippen LogP contribution is 2.50. The minimum Gasteiger partial charge on any atom is -0.497 e. The van der Waals surface area contributed by atoms with Crippen LogP contribution < -0.4 is 4.74 Å². The van der Waals surface area contributed by atoms with E-state index in [4.69, 9.17) is 9.26 Å². The summed E-state index contributed by atoms with van der Waals surface area (Å²) >= 11 is 0. The molecule has 1 aromatic carbocycles. The number of ether oxygens (including phenoxy) is 1. The number of likely N-dealkylation sites (tertiary alicyclic amines) is 1. The fourth-order valence-electron chi connectivity index (χ4n) is 4.69. The van der Waals surface area contributed by atoms with Gasteiger partial charge in [-0.2, -0.15) is 0 Å². The van der Waals surface area contributed by atoms with Crippen LogP contribution in [0.4, 0.5) is 0 Å². The zero-order valence-corrected chi connectivity index (χ0v) is 17.9. The SMILES string of the molecule is COc1ccc(C2(C(=O)N3CCC[C@@H](c4ncncc4-c4cc(C)no4)C3)CC2)cc1. The molecule has 3 aromatic rings. The molecule has 1 aliphatic heterocycles. The summed E-state index contributed by atoms with van der Waals surface area (Å²) in [4.78, 5) is 24.4. The number of hydrogen-bond donors (Lipinski definition) is 0. The number of nitrogens with zero attached hydrogens (tertiary/aromatic N) is 4. The quantitative estimate of drug-likeness (QED) is 0.625. The van der Waals surface area contributed by atoms with Crippen molar-refractivity contribution in [2.75, 3.05) is 20.2 Å². The molecule has 7 nitrogen and oxygen atoms in total.